The van der Waals surface area contributed by atoms with Crippen molar-refractivity contribution < 1.29 is 4.74 Å². The summed E-state index contributed by atoms with van der Waals surface area (Å²) in [7, 11) is 1.99. The Labute approximate surface area is 115 Å². The molecule has 0 radical (unpaired) electrons. The lowest BCUT2D eigenvalue weighted by molar-refractivity contribution is -0.0103. The van der Waals surface area contributed by atoms with Crippen molar-refractivity contribution in [3.05, 3.63) is 18.0 Å². The third-order valence-electron chi connectivity index (χ3n) is 4.01. The average molecular weight is 266 g/mol. The van der Waals surface area contributed by atoms with Crippen molar-refractivity contribution in [2.45, 2.75) is 32.4 Å². The third kappa shape index (κ3) is 3.55. The van der Waals surface area contributed by atoms with Crippen LogP contribution in [0.15, 0.2) is 12.3 Å². The fourth-order valence-electron chi connectivity index (χ4n) is 2.60. The van der Waals surface area contributed by atoms with Gasteiger partial charge in [0, 0.05) is 44.5 Å². The topological polar surface area (TPSA) is 42.3 Å². The molecule has 1 aromatic rings. The Morgan fingerprint density at radius 2 is 2.11 bits per heavy atom. The van der Waals surface area contributed by atoms with Crippen LogP contribution in [0.4, 0.5) is 0 Å². The number of nitrogens with one attached hydrogen (secondary N) is 1. The summed E-state index contributed by atoms with van der Waals surface area (Å²) in [5.74, 6) is 0. The molecule has 2 heterocycles. The third-order valence-corrected chi connectivity index (χ3v) is 4.01. The number of hydrogen-bond acceptors (Lipinski definition) is 4. The minimum absolute atomic E-state index is 0.149. The minimum atomic E-state index is 0.149. The van der Waals surface area contributed by atoms with Gasteiger partial charge in [-0.05, 0) is 26.8 Å². The second-order valence-corrected chi connectivity index (χ2v) is 5.89. The predicted molar refractivity (Wildman–Crippen MR) is 76.1 cm³/mol. The molecule has 1 atom stereocenters. The molecule has 0 saturated carbocycles. The van der Waals surface area contributed by atoms with Crippen molar-refractivity contribution in [2.24, 2.45) is 7.05 Å². The second kappa shape index (κ2) is 6.03. The van der Waals surface area contributed by atoms with E-state index in [0.717, 1.165) is 32.8 Å². The molecule has 5 nitrogen and oxygen atoms in total. The van der Waals surface area contributed by atoms with Gasteiger partial charge in [-0.15, -0.1) is 0 Å². The molecule has 0 aliphatic carbocycles. The lowest BCUT2D eigenvalue weighted by atomic mass is 10.0. The smallest absolute Gasteiger partial charge is 0.0594 e. The van der Waals surface area contributed by atoms with Gasteiger partial charge in [0.1, 0.15) is 0 Å². The monoisotopic (exact) mass is 266 g/mol. The maximum Gasteiger partial charge on any atom is 0.0594 e. The SMILES string of the molecule is CC(NCC(C)(C)N1CCOCC1)c1ccnn1C. The standard InChI is InChI=1S/C14H26N4O/c1-12(13-5-6-16-17(13)4)15-11-14(2,3)18-7-9-19-10-8-18/h5-6,12,15H,7-11H2,1-4H3. The number of ether oxygens (including phenoxy) is 1. The van der Waals surface area contributed by atoms with Crippen LogP contribution in [-0.2, 0) is 11.8 Å². The average Bonchev–Trinajstić information content (AvgIpc) is 2.83. The molecule has 1 saturated heterocycles. The summed E-state index contributed by atoms with van der Waals surface area (Å²) in [6.07, 6.45) is 1.85. The number of nitrogens with zero attached hydrogens (tertiary/aromatic N) is 3. The molecule has 0 amide bonds. The zero-order valence-corrected chi connectivity index (χ0v) is 12.5. The Kier molecular flexibility index (Phi) is 4.60. The minimum Gasteiger partial charge on any atom is -0.379 e. The molecule has 1 N–H and O–H groups in total. The summed E-state index contributed by atoms with van der Waals surface area (Å²) in [4.78, 5) is 2.50. The Bertz CT molecular complexity index is 396. The molecule has 1 aliphatic rings. The number of aryl methyl sites for hydroxylation is 1. The Balaban J connectivity index is 1.88. The van der Waals surface area contributed by atoms with E-state index in [9.17, 15) is 0 Å². The van der Waals surface area contributed by atoms with E-state index in [1.54, 1.807) is 0 Å². The Morgan fingerprint density at radius 3 is 2.68 bits per heavy atom. The van der Waals surface area contributed by atoms with Crippen LogP contribution in [0.25, 0.3) is 0 Å². The van der Waals surface area contributed by atoms with Gasteiger partial charge in [0.05, 0.1) is 18.9 Å². The van der Waals surface area contributed by atoms with Crippen LogP contribution in [0.3, 0.4) is 0 Å². The summed E-state index contributed by atoms with van der Waals surface area (Å²) in [6.45, 7) is 11.5. The Hall–Kier alpha value is -0.910. The van der Waals surface area contributed by atoms with Gasteiger partial charge in [0.15, 0.2) is 0 Å². The summed E-state index contributed by atoms with van der Waals surface area (Å²) in [6, 6.07) is 2.38. The maximum absolute atomic E-state index is 5.42. The predicted octanol–water partition coefficient (Wildman–Crippen LogP) is 1.18. The van der Waals surface area contributed by atoms with Gasteiger partial charge in [-0.25, -0.2) is 0 Å². The first-order chi connectivity index (χ1) is 9.00. The molecule has 5 heteroatoms. The first kappa shape index (κ1) is 14.5. The van der Waals surface area contributed by atoms with Gasteiger partial charge in [0.2, 0.25) is 0 Å². The van der Waals surface area contributed by atoms with Crippen molar-refractivity contribution in [2.75, 3.05) is 32.8 Å². The highest BCUT2D eigenvalue weighted by molar-refractivity contribution is 5.05. The molecule has 0 aromatic carbocycles. The summed E-state index contributed by atoms with van der Waals surface area (Å²) in [5.41, 5.74) is 1.37. The zero-order chi connectivity index (χ0) is 13.9. The summed E-state index contributed by atoms with van der Waals surface area (Å²) in [5, 5.41) is 7.84. The molecule has 0 bridgehead atoms. The number of morpholine rings is 1. The molecule has 108 valence electrons. The van der Waals surface area contributed by atoms with Gasteiger partial charge in [-0.1, -0.05) is 0 Å². The normalized spacial score (nSPS) is 19.6. The first-order valence-corrected chi connectivity index (χ1v) is 7.05. The molecule has 19 heavy (non-hydrogen) atoms. The zero-order valence-electron chi connectivity index (χ0n) is 12.5. The van der Waals surface area contributed by atoms with Gasteiger partial charge in [0.25, 0.3) is 0 Å². The second-order valence-electron chi connectivity index (χ2n) is 5.89. The van der Waals surface area contributed by atoms with Crippen molar-refractivity contribution in [1.82, 2.24) is 20.0 Å². The lowest BCUT2D eigenvalue weighted by Gasteiger charge is -2.41. The van der Waals surface area contributed by atoms with Crippen LogP contribution in [0.5, 0.6) is 0 Å². The largest absolute Gasteiger partial charge is 0.379 e. The van der Waals surface area contributed by atoms with Crippen LogP contribution in [0.1, 0.15) is 32.5 Å². The van der Waals surface area contributed by atoms with Crippen LogP contribution in [0.2, 0.25) is 0 Å². The van der Waals surface area contributed by atoms with E-state index in [0.29, 0.717) is 6.04 Å². The summed E-state index contributed by atoms with van der Waals surface area (Å²) < 4.78 is 7.35. The molecule has 0 spiro atoms. The summed E-state index contributed by atoms with van der Waals surface area (Å²) >= 11 is 0. The highest BCUT2D eigenvalue weighted by Gasteiger charge is 2.28. The molecule has 2 rings (SSSR count). The molecule has 1 aromatic heterocycles. The van der Waals surface area contributed by atoms with Crippen molar-refractivity contribution in [3.8, 4) is 0 Å². The van der Waals surface area contributed by atoms with E-state index in [4.69, 9.17) is 4.74 Å². The molecule has 1 fully saturated rings. The number of hydrogen-bond donors (Lipinski definition) is 1. The quantitative estimate of drug-likeness (QED) is 0.869. The number of rotatable bonds is 5. The van der Waals surface area contributed by atoms with Gasteiger partial charge in [-0.3, -0.25) is 9.58 Å². The first-order valence-electron chi connectivity index (χ1n) is 7.05. The Morgan fingerprint density at radius 1 is 1.42 bits per heavy atom. The van der Waals surface area contributed by atoms with Gasteiger partial charge < -0.3 is 10.1 Å². The van der Waals surface area contributed by atoms with E-state index < -0.39 is 0 Å². The van der Waals surface area contributed by atoms with E-state index in [2.05, 4.69) is 42.2 Å². The highest BCUT2D eigenvalue weighted by Crippen LogP contribution is 2.17. The van der Waals surface area contributed by atoms with E-state index in [1.165, 1.54) is 5.69 Å². The van der Waals surface area contributed by atoms with Crippen molar-refractivity contribution in [3.63, 3.8) is 0 Å². The van der Waals surface area contributed by atoms with Crippen LogP contribution >= 0.6 is 0 Å². The van der Waals surface area contributed by atoms with E-state index in [1.807, 2.05) is 17.9 Å². The molecule has 1 unspecified atom stereocenters. The van der Waals surface area contributed by atoms with Crippen LogP contribution in [0, 0.1) is 0 Å². The highest BCUT2D eigenvalue weighted by atomic mass is 16.5. The fourth-order valence-corrected chi connectivity index (χ4v) is 2.60. The van der Waals surface area contributed by atoms with Crippen molar-refractivity contribution in [1.29, 1.82) is 0 Å². The molecular weight excluding hydrogens is 240 g/mol. The van der Waals surface area contributed by atoms with Gasteiger partial charge >= 0.3 is 0 Å². The van der Waals surface area contributed by atoms with E-state index in [-0.39, 0.29) is 5.54 Å². The number of aromatic nitrogens is 2. The fraction of sp³-hybridized carbons (Fsp3) is 0.786. The van der Waals surface area contributed by atoms with Gasteiger partial charge in [-0.2, -0.15) is 5.10 Å². The molecular formula is C14H26N4O. The lowest BCUT2D eigenvalue weighted by Crippen LogP contribution is -2.54. The van der Waals surface area contributed by atoms with Crippen molar-refractivity contribution >= 4 is 0 Å². The van der Waals surface area contributed by atoms with Crippen LogP contribution in [-0.4, -0.2) is 53.1 Å². The van der Waals surface area contributed by atoms with Crippen LogP contribution < -0.4 is 5.32 Å². The molecule has 1 aliphatic heterocycles. The van der Waals surface area contributed by atoms with E-state index >= 15 is 0 Å². The maximum atomic E-state index is 5.42.